The first-order valence-electron chi connectivity index (χ1n) is 9.52. The van der Waals surface area contributed by atoms with E-state index < -0.39 is 0 Å². The highest BCUT2D eigenvalue weighted by Crippen LogP contribution is 2.21. The second kappa shape index (κ2) is 10.4. The van der Waals surface area contributed by atoms with E-state index >= 15 is 0 Å². The van der Waals surface area contributed by atoms with Gasteiger partial charge in [0.15, 0.2) is 0 Å². The Bertz CT molecular complexity index is 882. The van der Waals surface area contributed by atoms with Crippen LogP contribution in [0, 0.1) is 0 Å². The minimum absolute atomic E-state index is 0.522. The monoisotopic (exact) mass is 393 g/mol. The second-order valence-corrected chi connectivity index (χ2v) is 6.71. The van der Waals surface area contributed by atoms with Crippen molar-refractivity contribution in [2.75, 3.05) is 51.0 Å². The van der Waals surface area contributed by atoms with Crippen molar-refractivity contribution in [1.82, 2.24) is 19.9 Å². The summed E-state index contributed by atoms with van der Waals surface area (Å²) in [6, 6.07) is 13.5. The number of likely N-dealkylation sites (N-methyl/N-ethyl adjacent to an activating group) is 1. The molecular weight excluding hydrogens is 366 g/mol. The van der Waals surface area contributed by atoms with Crippen LogP contribution < -0.4 is 21.1 Å². The molecule has 0 aliphatic carbocycles. The van der Waals surface area contributed by atoms with Crippen molar-refractivity contribution in [1.29, 1.82) is 0 Å². The van der Waals surface area contributed by atoms with Crippen molar-refractivity contribution in [2.45, 2.75) is 0 Å². The Hall–Kier alpha value is -3.23. The van der Waals surface area contributed by atoms with Crippen molar-refractivity contribution in [3.63, 3.8) is 0 Å². The second-order valence-electron chi connectivity index (χ2n) is 6.71. The molecule has 3 aromatic rings. The fourth-order valence-electron chi connectivity index (χ4n) is 2.54. The van der Waals surface area contributed by atoms with Crippen LogP contribution in [0.3, 0.4) is 0 Å². The molecule has 0 unspecified atom stereocenters. The predicted octanol–water partition coefficient (Wildman–Crippen LogP) is 2.59. The molecule has 1 aromatic carbocycles. The van der Waals surface area contributed by atoms with Crippen LogP contribution in [-0.4, -0.2) is 60.2 Å². The van der Waals surface area contributed by atoms with Crippen LogP contribution in [-0.2, 0) is 0 Å². The first-order valence-corrected chi connectivity index (χ1v) is 9.52. The SMILES string of the molecule is CN(C)CCOc1ccc(Nc2nccc(-c3ccc(NCCN)nc3)n2)cc1. The van der Waals surface area contributed by atoms with Gasteiger partial charge in [-0.2, -0.15) is 0 Å². The zero-order valence-electron chi connectivity index (χ0n) is 16.8. The van der Waals surface area contributed by atoms with Crippen molar-refractivity contribution in [3.8, 4) is 17.0 Å². The summed E-state index contributed by atoms with van der Waals surface area (Å²) in [5.74, 6) is 2.15. The smallest absolute Gasteiger partial charge is 0.227 e. The highest BCUT2D eigenvalue weighted by atomic mass is 16.5. The van der Waals surface area contributed by atoms with Gasteiger partial charge in [-0.25, -0.2) is 15.0 Å². The minimum Gasteiger partial charge on any atom is -0.492 e. The number of rotatable bonds is 10. The maximum absolute atomic E-state index is 5.71. The standard InChI is InChI=1S/C21H27N7O/c1-28(2)13-14-29-18-6-4-17(5-7-18)26-21-24-11-9-19(27-21)16-3-8-20(25-15-16)23-12-10-22/h3-9,11,15H,10,12-14,22H2,1-2H3,(H,23,25)(H,24,26,27). The summed E-state index contributed by atoms with van der Waals surface area (Å²) >= 11 is 0. The Balaban J connectivity index is 1.62. The van der Waals surface area contributed by atoms with Gasteiger partial charge in [0.2, 0.25) is 5.95 Å². The minimum atomic E-state index is 0.522. The number of hydrogen-bond donors (Lipinski definition) is 3. The van der Waals surface area contributed by atoms with Gasteiger partial charge in [-0.3, -0.25) is 0 Å². The first-order chi connectivity index (χ1) is 14.1. The molecule has 0 aliphatic rings. The molecule has 0 saturated carbocycles. The van der Waals surface area contributed by atoms with Gasteiger partial charge in [0.05, 0.1) is 5.69 Å². The van der Waals surface area contributed by atoms with E-state index in [-0.39, 0.29) is 0 Å². The summed E-state index contributed by atoms with van der Waals surface area (Å²) in [6.45, 7) is 2.78. The molecule has 4 N–H and O–H groups in total. The normalized spacial score (nSPS) is 10.8. The van der Waals surface area contributed by atoms with Gasteiger partial charge in [0.25, 0.3) is 0 Å². The maximum Gasteiger partial charge on any atom is 0.227 e. The van der Waals surface area contributed by atoms with Gasteiger partial charge in [-0.1, -0.05) is 0 Å². The van der Waals surface area contributed by atoms with Crippen LogP contribution in [0.2, 0.25) is 0 Å². The topological polar surface area (TPSA) is 101 Å². The zero-order valence-corrected chi connectivity index (χ0v) is 16.8. The molecule has 0 radical (unpaired) electrons. The van der Waals surface area contributed by atoms with E-state index in [1.807, 2.05) is 56.6 Å². The van der Waals surface area contributed by atoms with Crippen molar-refractivity contribution in [3.05, 3.63) is 54.9 Å². The Labute approximate surface area is 171 Å². The van der Waals surface area contributed by atoms with E-state index in [0.29, 0.717) is 25.6 Å². The van der Waals surface area contributed by atoms with Crippen LogP contribution >= 0.6 is 0 Å². The molecule has 8 nitrogen and oxygen atoms in total. The summed E-state index contributed by atoms with van der Waals surface area (Å²) in [5.41, 5.74) is 8.10. The zero-order chi connectivity index (χ0) is 20.5. The molecular formula is C21H27N7O. The number of hydrogen-bond acceptors (Lipinski definition) is 8. The molecule has 152 valence electrons. The molecule has 0 saturated heterocycles. The number of anilines is 3. The van der Waals surface area contributed by atoms with Crippen LogP contribution in [0.5, 0.6) is 5.75 Å². The molecule has 0 amide bonds. The molecule has 2 aromatic heterocycles. The van der Waals surface area contributed by atoms with E-state index in [9.17, 15) is 0 Å². The number of nitrogens with one attached hydrogen (secondary N) is 2. The van der Waals surface area contributed by atoms with Gasteiger partial charge in [-0.15, -0.1) is 0 Å². The van der Waals surface area contributed by atoms with Gasteiger partial charge in [0, 0.05) is 43.3 Å². The van der Waals surface area contributed by atoms with E-state index in [1.54, 1.807) is 12.4 Å². The highest BCUT2D eigenvalue weighted by molar-refractivity contribution is 5.62. The number of aromatic nitrogens is 3. The van der Waals surface area contributed by atoms with Crippen LogP contribution in [0.25, 0.3) is 11.3 Å². The third-order valence-corrected chi connectivity index (χ3v) is 4.08. The Kier molecular flexibility index (Phi) is 7.32. The van der Waals surface area contributed by atoms with E-state index in [1.165, 1.54) is 0 Å². The highest BCUT2D eigenvalue weighted by Gasteiger charge is 2.04. The molecule has 0 bridgehead atoms. The molecule has 0 spiro atoms. The number of benzene rings is 1. The number of pyridine rings is 1. The molecule has 0 fully saturated rings. The third kappa shape index (κ3) is 6.41. The van der Waals surface area contributed by atoms with Crippen molar-refractivity contribution >= 4 is 17.5 Å². The van der Waals surface area contributed by atoms with Crippen LogP contribution in [0.1, 0.15) is 0 Å². The van der Waals surface area contributed by atoms with E-state index in [0.717, 1.165) is 35.1 Å². The van der Waals surface area contributed by atoms with Crippen molar-refractivity contribution in [2.24, 2.45) is 5.73 Å². The van der Waals surface area contributed by atoms with Crippen molar-refractivity contribution < 1.29 is 4.74 Å². The summed E-state index contributed by atoms with van der Waals surface area (Å²) in [7, 11) is 4.04. The lowest BCUT2D eigenvalue weighted by atomic mass is 10.2. The molecule has 0 atom stereocenters. The first kappa shape index (κ1) is 20.5. The fraction of sp³-hybridized carbons (Fsp3) is 0.286. The summed E-state index contributed by atoms with van der Waals surface area (Å²) in [4.78, 5) is 15.4. The number of nitrogens with zero attached hydrogens (tertiary/aromatic N) is 4. The molecule has 0 aliphatic heterocycles. The van der Waals surface area contributed by atoms with Gasteiger partial charge in [0.1, 0.15) is 18.2 Å². The molecule has 3 rings (SSSR count). The lowest BCUT2D eigenvalue weighted by Crippen LogP contribution is -2.19. The Morgan fingerprint density at radius 2 is 1.86 bits per heavy atom. The summed E-state index contributed by atoms with van der Waals surface area (Å²) < 4.78 is 5.71. The third-order valence-electron chi connectivity index (χ3n) is 4.08. The fourth-order valence-corrected chi connectivity index (χ4v) is 2.54. The average Bonchev–Trinajstić information content (AvgIpc) is 2.74. The summed E-state index contributed by atoms with van der Waals surface area (Å²) in [6.07, 6.45) is 3.51. The van der Waals surface area contributed by atoms with Gasteiger partial charge >= 0.3 is 0 Å². The predicted molar refractivity (Wildman–Crippen MR) is 117 cm³/mol. The summed E-state index contributed by atoms with van der Waals surface area (Å²) in [5, 5.41) is 6.37. The van der Waals surface area contributed by atoms with E-state index in [4.69, 9.17) is 10.5 Å². The van der Waals surface area contributed by atoms with E-state index in [2.05, 4.69) is 30.5 Å². The molecule has 29 heavy (non-hydrogen) atoms. The van der Waals surface area contributed by atoms with Crippen LogP contribution in [0.15, 0.2) is 54.9 Å². The lowest BCUT2D eigenvalue weighted by molar-refractivity contribution is 0.261. The lowest BCUT2D eigenvalue weighted by Gasteiger charge is -2.11. The van der Waals surface area contributed by atoms with Crippen LogP contribution in [0.4, 0.5) is 17.5 Å². The average molecular weight is 393 g/mol. The number of nitrogens with two attached hydrogens (primary N) is 1. The van der Waals surface area contributed by atoms with Gasteiger partial charge < -0.3 is 26.0 Å². The van der Waals surface area contributed by atoms with Gasteiger partial charge in [-0.05, 0) is 56.6 Å². The molecule has 8 heteroatoms. The largest absolute Gasteiger partial charge is 0.492 e. The Morgan fingerprint density at radius 3 is 2.55 bits per heavy atom. The number of ether oxygens (including phenoxy) is 1. The Morgan fingerprint density at radius 1 is 1.03 bits per heavy atom. The quantitative estimate of drug-likeness (QED) is 0.483. The maximum atomic E-state index is 5.71. The molecule has 2 heterocycles.